The average molecular weight is 359 g/mol. The van der Waals surface area contributed by atoms with Crippen LogP contribution in [0.3, 0.4) is 0 Å². The van der Waals surface area contributed by atoms with Crippen LogP contribution in [0.15, 0.2) is 30.5 Å². The third-order valence-corrected chi connectivity index (χ3v) is 5.48. The van der Waals surface area contributed by atoms with E-state index in [2.05, 4.69) is 41.2 Å². The first-order valence-corrected chi connectivity index (χ1v) is 10.5. The van der Waals surface area contributed by atoms with Gasteiger partial charge in [-0.1, -0.05) is 41.0 Å². The number of carbonyl (C=O) groups is 1. The fraction of sp³-hybridized carbons (Fsp3) is 0.474. The Balaban J connectivity index is 1.76. The number of H-pyrrole nitrogens is 1. The number of amides is 1. The number of benzene rings is 1. The van der Waals surface area contributed by atoms with E-state index < -0.39 is 11.2 Å². The molecular weight excluding hydrogens is 334 g/mol. The van der Waals surface area contributed by atoms with Gasteiger partial charge in [0.15, 0.2) is 0 Å². The summed E-state index contributed by atoms with van der Waals surface area (Å²) in [7, 11) is 0. The molecule has 1 aliphatic heterocycles. The molecule has 1 aliphatic rings. The van der Waals surface area contributed by atoms with Crippen molar-refractivity contribution in [3.8, 4) is 11.3 Å². The van der Waals surface area contributed by atoms with Crippen molar-refractivity contribution in [3.05, 3.63) is 41.9 Å². The van der Waals surface area contributed by atoms with Crippen molar-refractivity contribution in [2.24, 2.45) is 0 Å². The Morgan fingerprint density at radius 1 is 1.36 bits per heavy atom. The molecule has 134 valence electrons. The Bertz CT molecular complexity index is 712. The van der Waals surface area contributed by atoms with Crippen molar-refractivity contribution in [1.29, 1.82) is 0 Å². The standard InChI is InChI=1S/C19H25N3O2S/c1-14-6-8-15(9-7-14)16-13-20-19(21-16)17-5-3-4-11-22(17)18(23)10-12-25(2)24/h6-9,13,17H,3-5,10-12H2,1-2H3,(H,20,21). The summed E-state index contributed by atoms with van der Waals surface area (Å²) in [5, 5.41) is 0. The summed E-state index contributed by atoms with van der Waals surface area (Å²) in [4.78, 5) is 22.4. The lowest BCUT2D eigenvalue weighted by molar-refractivity contribution is -0.134. The van der Waals surface area contributed by atoms with Crippen molar-refractivity contribution in [2.45, 2.75) is 38.6 Å². The number of hydrogen-bond donors (Lipinski definition) is 1. The van der Waals surface area contributed by atoms with Crippen molar-refractivity contribution in [1.82, 2.24) is 14.9 Å². The van der Waals surface area contributed by atoms with Gasteiger partial charge < -0.3 is 14.4 Å². The Labute approximate surface area is 152 Å². The number of nitrogens with zero attached hydrogens (tertiary/aromatic N) is 2. The summed E-state index contributed by atoms with van der Waals surface area (Å²) in [6.07, 6.45) is 6.85. The molecule has 2 atom stereocenters. The van der Waals surface area contributed by atoms with Crippen LogP contribution in [0.1, 0.15) is 43.1 Å². The van der Waals surface area contributed by atoms with E-state index in [0.717, 1.165) is 42.9 Å². The topological polar surface area (TPSA) is 72.1 Å². The normalized spacial score (nSPS) is 19.0. The molecule has 5 nitrogen and oxygen atoms in total. The smallest absolute Gasteiger partial charge is 0.227 e. The van der Waals surface area contributed by atoms with E-state index in [-0.39, 0.29) is 11.9 Å². The van der Waals surface area contributed by atoms with Gasteiger partial charge in [-0.05, 0) is 31.7 Å². The van der Waals surface area contributed by atoms with Gasteiger partial charge in [0.05, 0.1) is 30.6 Å². The zero-order valence-electron chi connectivity index (χ0n) is 14.8. The van der Waals surface area contributed by atoms with Crippen molar-refractivity contribution in [2.75, 3.05) is 18.6 Å². The number of hydrogen-bond acceptors (Lipinski definition) is 3. The molecule has 1 fully saturated rings. The van der Waals surface area contributed by atoms with Gasteiger partial charge >= 0.3 is 0 Å². The van der Waals surface area contributed by atoms with Gasteiger partial charge in [0.2, 0.25) is 5.91 Å². The van der Waals surface area contributed by atoms with Crippen molar-refractivity contribution in [3.63, 3.8) is 0 Å². The van der Waals surface area contributed by atoms with Crippen LogP contribution in [0.5, 0.6) is 0 Å². The lowest BCUT2D eigenvalue weighted by Crippen LogP contribution is -2.39. The molecule has 25 heavy (non-hydrogen) atoms. The second-order valence-corrected chi connectivity index (χ2v) is 8.23. The minimum absolute atomic E-state index is 0.00857. The zero-order valence-corrected chi connectivity index (χ0v) is 15.6. The zero-order chi connectivity index (χ0) is 17.8. The first-order valence-electron chi connectivity index (χ1n) is 8.76. The number of likely N-dealkylation sites (tertiary alicyclic amines) is 1. The third kappa shape index (κ3) is 4.44. The van der Waals surface area contributed by atoms with Crippen molar-refractivity contribution >= 4 is 17.1 Å². The Hall–Kier alpha value is -1.79. The minimum Gasteiger partial charge on any atom is -0.617 e. The molecule has 2 aromatic rings. The summed E-state index contributed by atoms with van der Waals surface area (Å²) in [5.74, 6) is 1.35. The minimum atomic E-state index is -0.940. The first kappa shape index (κ1) is 18.0. The number of aromatic amines is 1. The Kier molecular flexibility index (Phi) is 5.81. The number of carbonyl (C=O) groups excluding carboxylic acids is 1. The summed E-state index contributed by atoms with van der Waals surface area (Å²) in [5.41, 5.74) is 3.29. The summed E-state index contributed by atoms with van der Waals surface area (Å²) >= 11 is -0.940. The summed E-state index contributed by atoms with van der Waals surface area (Å²) in [6, 6.07) is 8.31. The Morgan fingerprint density at radius 3 is 2.84 bits per heavy atom. The van der Waals surface area contributed by atoms with Crippen molar-refractivity contribution < 1.29 is 9.35 Å². The highest BCUT2D eigenvalue weighted by Crippen LogP contribution is 2.31. The van der Waals surface area contributed by atoms with Crippen LogP contribution in [0.2, 0.25) is 0 Å². The van der Waals surface area contributed by atoms with Gasteiger partial charge in [-0.2, -0.15) is 0 Å². The molecule has 3 rings (SSSR count). The summed E-state index contributed by atoms with van der Waals surface area (Å²) in [6.45, 7) is 2.82. The summed E-state index contributed by atoms with van der Waals surface area (Å²) < 4.78 is 11.3. The average Bonchev–Trinajstić information content (AvgIpc) is 3.10. The first-order chi connectivity index (χ1) is 12.0. The van der Waals surface area contributed by atoms with E-state index in [1.54, 1.807) is 6.26 Å². The van der Waals surface area contributed by atoms with Crippen LogP contribution in [0.4, 0.5) is 0 Å². The van der Waals surface area contributed by atoms with E-state index in [1.807, 2.05) is 11.1 Å². The molecule has 0 bridgehead atoms. The number of imidazole rings is 1. The molecule has 6 heteroatoms. The molecule has 1 N–H and O–H groups in total. The fourth-order valence-electron chi connectivity index (χ4n) is 3.27. The highest BCUT2D eigenvalue weighted by molar-refractivity contribution is 7.90. The predicted molar refractivity (Wildman–Crippen MR) is 101 cm³/mol. The van der Waals surface area contributed by atoms with Gasteiger partial charge in [0.1, 0.15) is 11.6 Å². The number of rotatable bonds is 5. The molecule has 0 aliphatic carbocycles. The van der Waals surface area contributed by atoms with Crippen LogP contribution in [0.25, 0.3) is 11.3 Å². The lowest BCUT2D eigenvalue weighted by Gasteiger charge is -2.34. The van der Waals surface area contributed by atoms with E-state index in [1.165, 1.54) is 5.56 Å². The third-order valence-electron chi connectivity index (χ3n) is 4.70. The van der Waals surface area contributed by atoms with Gasteiger partial charge in [-0.3, -0.25) is 4.79 Å². The van der Waals surface area contributed by atoms with Gasteiger partial charge in [-0.25, -0.2) is 4.98 Å². The number of piperidine rings is 1. The maximum Gasteiger partial charge on any atom is 0.227 e. The van der Waals surface area contributed by atoms with Crippen LogP contribution < -0.4 is 0 Å². The Morgan fingerprint density at radius 2 is 2.12 bits per heavy atom. The predicted octanol–water partition coefficient (Wildman–Crippen LogP) is 3.21. The quantitative estimate of drug-likeness (QED) is 0.833. The van der Waals surface area contributed by atoms with Crippen LogP contribution >= 0.6 is 0 Å². The fourth-order valence-corrected chi connectivity index (χ4v) is 3.74. The second kappa shape index (κ2) is 8.06. The lowest BCUT2D eigenvalue weighted by atomic mass is 10.0. The van der Waals surface area contributed by atoms with E-state index in [9.17, 15) is 9.35 Å². The van der Waals surface area contributed by atoms with E-state index in [0.29, 0.717) is 12.2 Å². The highest BCUT2D eigenvalue weighted by Gasteiger charge is 2.30. The van der Waals surface area contributed by atoms with Crippen LogP contribution in [-0.4, -0.2) is 43.9 Å². The number of aryl methyl sites for hydroxylation is 1. The van der Waals surface area contributed by atoms with Gasteiger partial charge in [-0.15, -0.1) is 0 Å². The van der Waals surface area contributed by atoms with Crippen LogP contribution in [-0.2, 0) is 16.0 Å². The van der Waals surface area contributed by atoms with Crippen LogP contribution in [0, 0.1) is 6.92 Å². The molecule has 0 saturated carbocycles. The van der Waals surface area contributed by atoms with E-state index >= 15 is 0 Å². The largest absolute Gasteiger partial charge is 0.617 e. The van der Waals surface area contributed by atoms with Gasteiger partial charge in [0.25, 0.3) is 0 Å². The molecule has 1 aromatic carbocycles. The molecular formula is C19H25N3O2S. The molecule has 0 spiro atoms. The SMILES string of the molecule is Cc1ccc(-c2cnc(C3CCCCN3C(=O)CC[S+](C)[O-])[nH]2)cc1. The van der Waals surface area contributed by atoms with E-state index in [4.69, 9.17) is 0 Å². The number of nitrogens with one attached hydrogen (secondary N) is 1. The molecule has 2 unspecified atom stereocenters. The molecule has 1 saturated heterocycles. The molecule has 0 radical (unpaired) electrons. The second-order valence-electron chi connectivity index (χ2n) is 6.67. The maximum atomic E-state index is 12.6. The number of aromatic nitrogens is 2. The highest BCUT2D eigenvalue weighted by atomic mass is 32.2. The monoisotopic (exact) mass is 359 g/mol. The molecule has 1 amide bonds. The molecule has 1 aromatic heterocycles. The molecule has 2 heterocycles. The maximum absolute atomic E-state index is 12.6. The van der Waals surface area contributed by atoms with Gasteiger partial charge in [0, 0.05) is 6.54 Å².